The quantitative estimate of drug-likeness (QED) is 0.655. The van der Waals surface area contributed by atoms with E-state index in [0.717, 1.165) is 23.1 Å². The fourth-order valence-corrected chi connectivity index (χ4v) is 2.77. The molecule has 0 aromatic rings. The molecule has 6 heteroatoms. The van der Waals surface area contributed by atoms with Crippen LogP contribution in [0.25, 0.3) is 0 Å². The maximum atomic E-state index is 11.6. The fourth-order valence-electron chi connectivity index (χ4n) is 1.99. The summed E-state index contributed by atoms with van der Waals surface area (Å²) >= 11 is 0.947. The zero-order chi connectivity index (χ0) is 11.1. The highest BCUT2D eigenvalue weighted by Gasteiger charge is 2.56. The number of methoxy groups -OCH3 is 1. The van der Waals surface area contributed by atoms with Gasteiger partial charge in [-0.3, -0.25) is 14.5 Å². The van der Waals surface area contributed by atoms with Gasteiger partial charge in [-0.2, -0.15) is 0 Å². The van der Waals surface area contributed by atoms with Crippen LogP contribution in [0.3, 0.4) is 0 Å². The van der Waals surface area contributed by atoms with Gasteiger partial charge in [-0.1, -0.05) is 11.8 Å². The standard InChI is InChI=1S/C9H11NO4S/c1-14-7(12)9(3-2-4-9)10-6(11)5-15-8(10)13/h2-5H2,1H3. The molecule has 0 aromatic carbocycles. The Kier molecular flexibility index (Phi) is 2.46. The Bertz CT molecular complexity index is 321. The summed E-state index contributed by atoms with van der Waals surface area (Å²) in [5, 5.41) is -0.329. The van der Waals surface area contributed by atoms with Gasteiger partial charge in [-0.15, -0.1) is 0 Å². The van der Waals surface area contributed by atoms with Gasteiger partial charge in [-0.05, 0) is 19.3 Å². The first-order valence-corrected chi connectivity index (χ1v) is 5.68. The van der Waals surface area contributed by atoms with E-state index in [2.05, 4.69) is 4.74 Å². The number of nitrogens with zero attached hydrogens (tertiary/aromatic N) is 1. The molecular formula is C9H11NO4S. The lowest BCUT2D eigenvalue weighted by Gasteiger charge is -2.43. The third-order valence-corrected chi connectivity index (χ3v) is 3.75. The lowest BCUT2D eigenvalue weighted by Crippen LogP contribution is -2.61. The third-order valence-electron chi connectivity index (χ3n) is 2.93. The van der Waals surface area contributed by atoms with Crippen LogP contribution in [0.2, 0.25) is 0 Å². The van der Waals surface area contributed by atoms with E-state index in [1.807, 2.05) is 0 Å². The Balaban J connectivity index is 2.29. The molecule has 5 nitrogen and oxygen atoms in total. The highest BCUT2D eigenvalue weighted by molar-refractivity contribution is 8.14. The highest BCUT2D eigenvalue weighted by Crippen LogP contribution is 2.42. The van der Waals surface area contributed by atoms with Crippen LogP contribution < -0.4 is 0 Å². The molecule has 0 unspecified atom stereocenters. The lowest BCUT2D eigenvalue weighted by atomic mass is 9.75. The molecule has 1 aliphatic carbocycles. The third kappa shape index (κ3) is 1.35. The van der Waals surface area contributed by atoms with Crippen molar-refractivity contribution in [1.29, 1.82) is 0 Å². The minimum absolute atomic E-state index is 0.136. The van der Waals surface area contributed by atoms with E-state index in [1.54, 1.807) is 0 Å². The van der Waals surface area contributed by atoms with E-state index in [0.29, 0.717) is 12.8 Å². The molecule has 15 heavy (non-hydrogen) atoms. The van der Waals surface area contributed by atoms with Crippen LogP contribution in [0.15, 0.2) is 0 Å². The summed E-state index contributed by atoms with van der Waals surface area (Å²) in [6.07, 6.45) is 1.90. The predicted molar refractivity (Wildman–Crippen MR) is 53.3 cm³/mol. The van der Waals surface area contributed by atoms with Crippen LogP contribution in [0.1, 0.15) is 19.3 Å². The predicted octanol–water partition coefficient (Wildman–Crippen LogP) is 0.777. The van der Waals surface area contributed by atoms with Crippen LogP contribution in [-0.2, 0) is 14.3 Å². The molecule has 0 spiro atoms. The fraction of sp³-hybridized carbons (Fsp3) is 0.667. The molecule has 1 heterocycles. The van der Waals surface area contributed by atoms with E-state index in [-0.39, 0.29) is 16.9 Å². The number of carbonyl (C=O) groups is 3. The second-order valence-corrected chi connectivity index (χ2v) is 4.59. The normalized spacial score (nSPS) is 23.9. The van der Waals surface area contributed by atoms with Crippen molar-refractivity contribution < 1.29 is 19.1 Å². The van der Waals surface area contributed by atoms with Crippen molar-refractivity contribution in [3.05, 3.63) is 0 Å². The molecule has 0 bridgehead atoms. The number of ether oxygens (including phenoxy) is 1. The summed E-state index contributed by atoms with van der Waals surface area (Å²) in [6, 6.07) is 0. The van der Waals surface area contributed by atoms with E-state index in [1.165, 1.54) is 7.11 Å². The average molecular weight is 229 g/mol. The molecule has 2 amide bonds. The maximum absolute atomic E-state index is 11.6. The van der Waals surface area contributed by atoms with Crippen molar-refractivity contribution in [3.63, 3.8) is 0 Å². The molecule has 2 rings (SSSR count). The van der Waals surface area contributed by atoms with Crippen LogP contribution in [0.4, 0.5) is 4.79 Å². The summed E-state index contributed by atoms with van der Waals surface area (Å²) in [4.78, 5) is 35.7. The Labute approximate surface area is 91.1 Å². The van der Waals surface area contributed by atoms with Gasteiger partial charge in [0.05, 0.1) is 12.9 Å². The van der Waals surface area contributed by atoms with Gasteiger partial charge in [0.2, 0.25) is 5.91 Å². The van der Waals surface area contributed by atoms with Gasteiger partial charge in [0.15, 0.2) is 0 Å². The Hall–Kier alpha value is -1.04. The number of imide groups is 1. The second-order valence-electron chi connectivity index (χ2n) is 3.66. The first-order chi connectivity index (χ1) is 7.12. The van der Waals surface area contributed by atoms with Crippen molar-refractivity contribution in [3.8, 4) is 0 Å². The molecule has 82 valence electrons. The van der Waals surface area contributed by atoms with Gasteiger partial charge in [0.25, 0.3) is 5.24 Å². The molecule has 1 aliphatic heterocycles. The number of esters is 1. The summed E-state index contributed by atoms with van der Waals surface area (Å²) in [5.41, 5.74) is -0.994. The van der Waals surface area contributed by atoms with Gasteiger partial charge >= 0.3 is 5.97 Å². The Morgan fingerprint density at radius 2 is 2.13 bits per heavy atom. The van der Waals surface area contributed by atoms with E-state index >= 15 is 0 Å². The largest absolute Gasteiger partial charge is 0.467 e. The molecule has 0 N–H and O–H groups in total. The average Bonchev–Trinajstić information content (AvgIpc) is 2.47. The molecule has 0 radical (unpaired) electrons. The molecule has 1 saturated carbocycles. The minimum atomic E-state index is -0.994. The van der Waals surface area contributed by atoms with Gasteiger partial charge < -0.3 is 4.74 Å². The minimum Gasteiger partial charge on any atom is -0.467 e. The molecule has 2 aliphatic rings. The number of carbonyl (C=O) groups excluding carboxylic acids is 3. The van der Waals surface area contributed by atoms with E-state index in [9.17, 15) is 14.4 Å². The summed E-state index contributed by atoms with van der Waals surface area (Å²) in [7, 11) is 1.28. The Morgan fingerprint density at radius 3 is 2.47 bits per heavy atom. The van der Waals surface area contributed by atoms with Gasteiger partial charge in [0, 0.05) is 0 Å². The lowest BCUT2D eigenvalue weighted by molar-refractivity contribution is -0.163. The van der Waals surface area contributed by atoms with Crippen LogP contribution in [-0.4, -0.2) is 40.4 Å². The van der Waals surface area contributed by atoms with Crippen molar-refractivity contribution in [2.45, 2.75) is 24.8 Å². The van der Waals surface area contributed by atoms with E-state index in [4.69, 9.17) is 0 Å². The van der Waals surface area contributed by atoms with Gasteiger partial charge in [-0.25, -0.2) is 4.79 Å². The second kappa shape index (κ2) is 3.52. The van der Waals surface area contributed by atoms with Crippen molar-refractivity contribution in [2.24, 2.45) is 0 Å². The summed E-state index contributed by atoms with van der Waals surface area (Å²) < 4.78 is 4.67. The van der Waals surface area contributed by atoms with Crippen LogP contribution >= 0.6 is 11.8 Å². The molecule has 0 atom stereocenters. The summed E-state index contributed by atoms with van der Waals surface area (Å²) in [5.74, 6) is -0.620. The Morgan fingerprint density at radius 1 is 1.47 bits per heavy atom. The number of hydrogen-bond acceptors (Lipinski definition) is 5. The first-order valence-electron chi connectivity index (χ1n) is 4.70. The maximum Gasteiger partial charge on any atom is 0.332 e. The zero-order valence-corrected chi connectivity index (χ0v) is 9.13. The number of amides is 2. The first kappa shape index (κ1) is 10.5. The topological polar surface area (TPSA) is 63.7 Å². The summed E-state index contributed by atoms with van der Waals surface area (Å²) in [6.45, 7) is 0. The number of hydrogen-bond donors (Lipinski definition) is 0. The number of rotatable bonds is 2. The van der Waals surface area contributed by atoms with Crippen molar-refractivity contribution in [2.75, 3.05) is 12.9 Å². The monoisotopic (exact) mass is 229 g/mol. The zero-order valence-electron chi connectivity index (χ0n) is 8.32. The molecular weight excluding hydrogens is 218 g/mol. The smallest absolute Gasteiger partial charge is 0.332 e. The van der Waals surface area contributed by atoms with E-state index < -0.39 is 11.5 Å². The van der Waals surface area contributed by atoms with Crippen LogP contribution in [0, 0.1) is 0 Å². The van der Waals surface area contributed by atoms with Crippen molar-refractivity contribution >= 4 is 28.9 Å². The number of thioether (sulfide) groups is 1. The highest BCUT2D eigenvalue weighted by atomic mass is 32.2. The molecule has 1 saturated heterocycles. The molecule has 0 aromatic heterocycles. The SMILES string of the molecule is COC(=O)C1(N2C(=O)CSC2=O)CCC1. The van der Waals surface area contributed by atoms with Crippen LogP contribution in [0.5, 0.6) is 0 Å². The van der Waals surface area contributed by atoms with Crippen molar-refractivity contribution in [1.82, 2.24) is 4.90 Å². The van der Waals surface area contributed by atoms with Gasteiger partial charge in [0.1, 0.15) is 5.54 Å². The molecule has 2 fully saturated rings.